The standard InChI is InChI=1S/C11H18F5NO/c1-7(2)5-4-6-8(3)17-9(18)10(12,13)11(14,15)16/h7-8H,4-6H2,1-3H3,(H,17,18). The SMILES string of the molecule is CC(C)CCCC(C)NC(=O)C(F)(F)C(F)(F)F. The molecule has 0 aromatic rings. The van der Waals surface area contributed by atoms with Crippen molar-refractivity contribution in [3.05, 3.63) is 0 Å². The Morgan fingerprint density at radius 1 is 1.06 bits per heavy atom. The fourth-order valence-electron chi connectivity index (χ4n) is 1.35. The van der Waals surface area contributed by atoms with E-state index in [4.69, 9.17) is 0 Å². The molecular formula is C11H18F5NO. The van der Waals surface area contributed by atoms with Crippen LogP contribution >= 0.6 is 0 Å². The number of alkyl halides is 5. The monoisotopic (exact) mass is 275 g/mol. The summed E-state index contributed by atoms with van der Waals surface area (Å²) in [6.07, 6.45) is -3.99. The van der Waals surface area contributed by atoms with Crippen molar-refractivity contribution in [2.45, 2.75) is 58.2 Å². The van der Waals surface area contributed by atoms with Crippen molar-refractivity contribution in [3.8, 4) is 0 Å². The summed E-state index contributed by atoms with van der Waals surface area (Å²) in [5, 5.41) is 1.69. The maximum Gasteiger partial charge on any atom is 0.463 e. The lowest BCUT2D eigenvalue weighted by atomic mass is 10.0. The van der Waals surface area contributed by atoms with Crippen LogP contribution in [0.15, 0.2) is 0 Å². The second kappa shape index (κ2) is 6.33. The fourth-order valence-corrected chi connectivity index (χ4v) is 1.35. The molecule has 0 spiro atoms. The number of carbonyl (C=O) groups excluding carboxylic acids is 1. The molecule has 0 saturated carbocycles. The molecule has 1 N–H and O–H groups in total. The van der Waals surface area contributed by atoms with Gasteiger partial charge in [0.25, 0.3) is 0 Å². The summed E-state index contributed by atoms with van der Waals surface area (Å²) < 4.78 is 60.8. The molecule has 0 aromatic heterocycles. The van der Waals surface area contributed by atoms with E-state index in [-0.39, 0.29) is 0 Å². The molecule has 0 saturated heterocycles. The van der Waals surface area contributed by atoms with Crippen LogP contribution in [0.2, 0.25) is 0 Å². The van der Waals surface area contributed by atoms with Crippen LogP contribution in [0.4, 0.5) is 22.0 Å². The molecule has 108 valence electrons. The van der Waals surface area contributed by atoms with Crippen LogP contribution in [0.3, 0.4) is 0 Å². The van der Waals surface area contributed by atoms with Gasteiger partial charge in [0.1, 0.15) is 0 Å². The predicted molar refractivity (Wildman–Crippen MR) is 57.3 cm³/mol. The molecule has 0 fully saturated rings. The van der Waals surface area contributed by atoms with Gasteiger partial charge in [0.05, 0.1) is 0 Å². The van der Waals surface area contributed by atoms with E-state index in [1.807, 2.05) is 13.8 Å². The largest absolute Gasteiger partial charge is 0.463 e. The average Bonchev–Trinajstić information content (AvgIpc) is 2.14. The van der Waals surface area contributed by atoms with Gasteiger partial charge in [-0.15, -0.1) is 0 Å². The van der Waals surface area contributed by atoms with Crippen molar-refractivity contribution in [2.24, 2.45) is 5.92 Å². The molecule has 7 heteroatoms. The van der Waals surface area contributed by atoms with Crippen LogP contribution < -0.4 is 5.32 Å². The summed E-state index contributed by atoms with van der Waals surface area (Å²) in [4.78, 5) is 10.8. The minimum absolute atomic E-state index is 0.373. The Labute approximate surface area is 103 Å². The highest BCUT2D eigenvalue weighted by molar-refractivity contribution is 5.84. The second-order valence-corrected chi connectivity index (χ2v) is 4.77. The van der Waals surface area contributed by atoms with Gasteiger partial charge in [-0.05, 0) is 19.3 Å². The number of amides is 1. The average molecular weight is 275 g/mol. The lowest BCUT2D eigenvalue weighted by Crippen LogP contribution is -2.52. The van der Waals surface area contributed by atoms with Crippen LogP contribution in [0.1, 0.15) is 40.0 Å². The third kappa shape index (κ3) is 5.18. The summed E-state index contributed by atoms with van der Waals surface area (Å²) in [6, 6.07) is -0.704. The molecule has 1 amide bonds. The third-order valence-electron chi connectivity index (χ3n) is 2.44. The molecule has 0 heterocycles. The van der Waals surface area contributed by atoms with Crippen LogP contribution in [-0.2, 0) is 4.79 Å². The van der Waals surface area contributed by atoms with Gasteiger partial charge in [-0.2, -0.15) is 22.0 Å². The lowest BCUT2D eigenvalue weighted by molar-refractivity contribution is -0.270. The maximum atomic E-state index is 12.6. The first kappa shape index (κ1) is 17.1. The number of hydrogen-bond donors (Lipinski definition) is 1. The Morgan fingerprint density at radius 2 is 1.56 bits per heavy atom. The summed E-state index contributed by atoms with van der Waals surface area (Å²) >= 11 is 0. The highest BCUT2D eigenvalue weighted by Gasteiger charge is 2.63. The van der Waals surface area contributed by atoms with Crippen LogP contribution in [0.5, 0.6) is 0 Å². The minimum atomic E-state index is -5.85. The zero-order valence-electron chi connectivity index (χ0n) is 10.6. The van der Waals surface area contributed by atoms with Crippen molar-refractivity contribution < 1.29 is 26.7 Å². The van der Waals surface area contributed by atoms with E-state index in [0.29, 0.717) is 18.8 Å². The molecule has 0 aliphatic heterocycles. The van der Waals surface area contributed by atoms with E-state index in [1.54, 1.807) is 5.32 Å². The Bertz CT molecular complexity index is 275. The molecule has 0 aliphatic carbocycles. The normalized spacial score (nSPS) is 14.7. The van der Waals surface area contributed by atoms with Crippen molar-refractivity contribution in [1.29, 1.82) is 0 Å². The molecule has 0 rings (SSSR count). The summed E-state index contributed by atoms with van der Waals surface area (Å²) in [6.45, 7) is 5.35. The van der Waals surface area contributed by atoms with Crippen LogP contribution in [0, 0.1) is 5.92 Å². The summed E-state index contributed by atoms with van der Waals surface area (Å²) in [5.41, 5.74) is 0. The predicted octanol–water partition coefficient (Wildman–Crippen LogP) is 3.52. The molecule has 1 unspecified atom stereocenters. The molecule has 1 atom stereocenters. The van der Waals surface area contributed by atoms with E-state index in [9.17, 15) is 26.7 Å². The quantitative estimate of drug-likeness (QED) is 0.738. The molecule has 0 aliphatic rings. The molecule has 0 bridgehead atoms. The lowest BCUT2D eigenvalue weighted by Gasteiger charge is -2.21. The maximum absolute atomic E-state index is 12.6. The molecule has 2 nitrogen and oxygen atoms in total. The first-order valence-corrected chi connectivity index (χ1v) is 5.74. The fraction of sp³-hybridized carbons (Fsp3) is 0.909. The van der Waals surface area contributed by atoms with Crippen molar-refractivity contribution in [1.82, 2.24) is 5.32 Å². The van der Waals surface area contributed by atoms with Gasteiger partial charge in [-0.3, -0.25) is 4.79 Å². The van der Waals surface area contributed by atoms with Gasteiger partial charge in [-0.25, -0.2) is 0 Å². The highest BCUT2D eigenvalue weighted by Crippen LogP contribution is 2.35. The van der Waals surface area contributed by atoms with Crippen molar-refractivity contribution in [3.63, 3.8) is 0 Å². The molecular weight excluding hydrogens is 257 g/mol. The van der Waals surface area contributed by atoms with E-state index >= 15 is 0 Å². The number of carbonyl (C=O) groups is 1. The number of hydrogen-bond acceptors (Lipinski definition) is 1. The Morgan fingerprint density at radius 3 is 1.94 bits per heavy atom. The van der Waals surface area contributed by atoms with Gasteiger partial charge in [-0.1, -0.05) is 26.7 Å². The topological polar surface area (TPSA) is 29.1 Å². The summed E-state index contributed by atoms with van der Waals surface area (Å²) in [5.74, 6) is -7.20. The Kier molecular flexibility index (Phi) is 6.02. The van der Waals surface area contributed by atoms with E-state index in [1.165, 1.54) is 6.92 Å². The third-order valence-corrected chi connectivity index (χ3v) is 2.44. The Balaban J connectivity index is 4.23. The van der Waals surface area contributed by atoms with Crippen LogP contribution in [-0.4, -0.2) is 24.0 Å². The van der Waals surface area contributed by atoms with Gasteiger partial charge >= 0.3 is 18.0 Å². The van der Waals surface area contributed by atoms with Gasteiger partial charge in [0.2, 0.25) is 0 Å². The van der Waals surface area contributed by atoms with E-state index < -0.39 is 24.0 Å². The molecule has 18 heavy (non-hydrogen) atoms. The minimum Gasteiger partial charge on any atom is -0.348 e. The molecule has 0 radical (unpaired) electrons. The van der Waals surface area contributed by atoms with Gasteiger partial charge in [0.15, 0.2) is 0 Å². The zero-order chi connectivity index (χ0) is 14.6. The van der Waals surface area contributed by atoms with E-state index in [2.05, 4.69) is 0 Å². The molecule has 0 aromatic carbocycles. The summed E-state index contributed by atoms with van der Waals surface area (Å²) in [7, 11) is 0. The van der Waals surface area contributed by atoms with E-state index in [0.717, 1.165) is 6.42 Å². The van der Waals surface area contributed by atoms with Crippen molar-refractivity contribution in [2.75, 3.05) is 0 Å². The first-order chi connectivity index (χ1) is 7.98. The number of rotatable bonds is 6. The van der Waals surface area contributed by atoms with Crippen LogP contribution in [0.25, 0.3) is 0 Å². The van der Waals surface area contributed by atoms with Crippen molar-refractivity contribution >= 4 is 5.91 Å². The number of halogens is 5. The highest BCUT2D eigenvalue weighted by atomic mass is 19.4. The van der Waals surface area contributed by atoms with Gasteiger partial charge < -0.3 is 5.32 Å². The van der Waals surface area contributed by atoms with Gasteiger partial charge in [0, 0.05) is 6.04 Å². The first-order valence-electron chi connectivity index (χ1n) is 5.74. The number of nitrogens with one attached hydrogen (secondary N) is 1. The zero-order valence-corrected chi connectivity index (χ0v) is 10.6. The Hall–Kier alpha value is -0.880. The smallest absolute Gasteiger partial charge is 0.348 e. The second-order valence-electron chi connectivity index (χ2n) is 4.77.